The number of amides is 2. The molecule has 34 heavy (non-hydrogen) atoms. The molecule has 0 saturated carbocycles. The van der Waals surface area contributed by atoms with Crippen molar-refractivity contribution in [2.45, 2.75) is 13.1 Å². The average Bonchev–Trinajstić information content (AvgIpc) is 3.42. The molecule has 5 aromatic rings. The maximum Gasteiger partial charge on any atom is 0.417 e. The molecular formula is C22H16FN7O4. The normalized spacial score (nSPS) is 11.1. The zero-order valence-electron chi connectivity index (χ0n) is 17.4. The number of oxazole rings is 1. The number of benzene rings is 1. The first-order valence-electron chi connectivity index (χ1n) is 10.1. The number of halogens is 1. The Labute approximate surface area is 189 Å². The summed E-state index contributed by atoms with van der Waals surface area (Å²) in [4.78, 5) is 47.4. The molecule has 2 amide bonds. The molecule has 0 fully saturated rings. The molecule has 4 aromatic heterocycles. The van der Waals surface area contributed by atoms with Crippen LogP contribution in [0, 0.1) is 5.82 Å². The lowest BCUT2D eigenvalue weighted by molar-refractivity contribution is 0.0942. The highest BCUT2D eigenvalue weighted by atomic mass is 19.1. The van der Waals surface area contributed by atoms with E-state index >= 15 is 0 Å². The lowest BCUT2D eigenvalue weighted by Gasteiger charge is -2.10. The first-order chi connectivity index (χ1) is 16.5. The molecule has 0 atom stereocenters. The van der Waals surface area contributed by atoms with Gasteiger partial charge in [-0.2, -0.15) is 5.10 Å². The molecule has 0 aliphatic rings. The molecule has 5 rings (SSSR count). The van der Waals surface area contributed by atoms with Crippen molar-refractivity contribution < 1.29 is 18.4 Å². The highest BCUT2D eigenvalue weighted by molar-refractivity contribution is 5.98. The van der Waals surface area contributed by atoms with E-state index < -0.39 is 23.4 Å². The number of H-pyrrole nitrogens is 1. The number of carbonyl (C=O) groups is 2. The summed E-state index contributed by atoms with van der Waals surface area (Å²) in [5, 5.41) is 9.23. The predicted molar refractivity (Wildman–Crippen MR) is 116 cm³/mol. The highest BCUT2D eigenvalue weighted by Crippen LogP contribution is 2.14. The van der Waals surface area contributed by atoms with Gasteiger partial charge in [-0.15, -0.1) is 0 Å². The van der Waals surface area contributed by atoms with Gasteiger partial charge in [-0.25, -0.2) is 18.7 Å². The molecule has 0 bridgehead atoms. The minimum atomic E-state index is -0.773. The summed E-state index contributed by atoms with van der Waals surface area (Å²) in [7, 11) is 0. The van der Waals surface area contributed by atoms with Crippen LogP contribution in [0.1, 0.15) is 32.1 Å². The summed E-state index contributed by atoms with van der Waals surface area (Å²) >= 11 is 0. The minimum Gasteiger partial charge on any atom is -0.408 e. The number of aromatic nitrogens is 5. The number of pyridine rings is 1. The fourth-order valence-corrected chi connectivity index (χ4v) is 3.37. The van der Waals surface area contributed by atoms with E-state index in [1.165, 1.54) is 6.07 Å². The number of rotatable bonds is 6. The molecule has 0 saturated heterocycles. The Morgan fingerprint density at radius 2 is 1.88 bits per heavy atom. The van der Waals surface area contributed by atoms with Crippen LogP contribution in [0.5, 0.6) is 0 Å². The summed E-state index contributed by atoms with van der Waals surface area (Å²) in [6, 6.07) is 9.71. The summed E-state index contributed by atoms with van der Waals surface area (Å²) in [6.45, 7) is 0.277. The standard InChI is InChI=1S/C22H16FN7O4/c23-14-11-27-30-17(21(32)26-10-13-2-1-5-24-8-13)7-16(28-19(14)30)20(31)25-9-12-3-4-18-15(6-12)29-22(33)34-18/h1-8,11H,9-10H2,(H,25,31)(H,26,32)(H,29,33). The largest absolute Gasteiger partial charge is 0.417 e. The topological polar surface area (TPSA) is 147 Å². The van der Waals surface area contributed by atoms with Crippen LogP contribution in [0.25, 0.3) is 16.7 Å². The van der Waals surface area contributed by atoms with Crippen LogP contribution in [0.4, 0.5) is 4.39 Å². The molecule has 11 nitrogen and oxygen atoms in total. The summed E-state index contributed by atoms with van der Waals surface area (Å²) in [6.07, 6.45) is 4.13. The Morgan fingerprint density at radius 3 is 2.71 bits per heavy atom. The fraction of sp³-hybridized carbons (Fsp3) is 0.0909. The molecule has 170 valence electrons. The van der Waals surface area contributed by atoms with E-state index in [-0.39, 0.29) is 30.1 Å². The zero-order valence-corrected chi connectivity index (χ0v) is 17.4. The maximum atomic E-state index is 14.2. The summed E-state index contributed by atoms with van der Waals surface area (Å²) < 4.78 is 20.2. The van der Waals surface area contributed by atoms with E-state index in [1.807, 2.05) is 0 Å². The third-order valence-corrected chi connectivity index (χ3v) is 5.01. The van der Waals surface area contributed by atoms with Crippen LogP contribution in [-0.4, -0.2) is 36.4 Å². The number of fused-ring (bicyclic) bond motifs is 2. The molecule has 0 unspecified atom stereocenters. The molecule has 0 radical (unpaired) electrons. The zero-order chi connectivity index (χ0) is 23.7. The lowest BCUT2D eigenvalue weighted by Crippen LogP contribution is -2.28. The Hall–Kier alpha value is -4.87. The van der Waals surface area contributed by atoms with Crippen LogP contribution in [-0.2, 0) is 13.1 Å². The van der Waals surface area contributed by atoms with Gasteiger partial charge in [0.2, 0.25) is 0 Å². The number of carbonyl (C=O) groups excluding carboxylic acids is 2. The Morgan fingerprint density at radius 1 is 1.06 bits per heavy atom. The molecule has 0 aliphatic heterocycles. The second-order valence-electron chi connectivity index (χ2n) is 7.33. The van der Waals surface area contributed by atoms with Crippen LogP contribution < -0.4 is 16.4 Å². The minimum absolute atomic E-state index is 0.0552. The van der Waals surface area contributed by atoms with Gasteiger partial charge in [0.15, 0.2) is 17.0 Å². The van der Waals surface area contributed by atoms with Crippen LogP contribution >= 0.6 is 0 Å². The predicted octanol–water partition coefficient (Wildman–Crippen LogP) is 1.56. The van der Waals surface area contributed by atoms with Crippen molar-refractivity contribution in [2.75, 3.05) is 0 Å². The lowest BCUT2D eigenvalue weighted by atomic mass is 10.2. The third kappa shape index (κ3) is 4.11. The van der Waals surface area contributed by atoms with E-state index in [0.717, 1.165) is 16.3 Å². The van der Waals surface area contributed by atoms with Crippen molar-refractivity contribution in [3.05, 3.63) is 93.9 Å². The van der Waals surface area contributed by atoms with Crippen LogP contribution in [0.2, 0.25) is 0 Å². The molecule has 0 spiro atoms. The molecule has 1 aromatic carbocycles. The third-order valence-electron chi connectivity index (χ3n) is 5.01. The Bertz CT molecular complexity index is 1590. The first kappa shape index (κ1) is 21.0. The second-order valence-corrected chi connectivity index (χ2v) is 7.33. The van der Waals surface area contributed by atoms with Gasteiger partial charge in [0.1, 0.15) is 11.4 Å². The van der Waals surface area contributed by atoms with Gasteiger partial charge in [0, 0.05) is 31.5 Å². The molecule has 4 heterocycles. The second kappa shape index (κ2) is 8.58. The van der Waals surface area contributed by atoms with E-state index in [1.54, 1.807) is 42.7 Å². The quantitative estimate of drug-likeness (QED) is 0.348. The van der Waals surface area contributed by atoms with E-state index in [0.29, 0.717) is 16.7 Å². The molecule has 12 heteroatoms. The van der Waals surface area contributed by atoms with Crippen molar-refractivity contribution in [2.24, 2.45) is 0 Å². The highest BCUT2D eigenvalue weighted by Gasteiger charge is 2.20. The van der Waals surface area contributed by atoms with Crippen molar-refractivity contribution in [1.82, 2.24) is 35.2 Å². The van der Waals surface area contributed by atoms with Gasteiger partial charge in [-0.05, 0) is 29.3 Å². The van der Waals surface area contributed by atoms with Crippen molar-refractivity contribution in [3.63, 3.8) is 0 Å². The van der Waals surface area contributed by atoms with Crippen molar-refractivity contribution >= 4 is 28.6 Å². The van der Waals surface area contributed by atoms with Gasteiger partial charge >= 0.3 is 5.76 Å². The van der Waals surface area contributed by atoms with Crippen molar-refractivity contribution in [3.8, 4) is 0 Å². The average molecular weight is 461 g/mol. The Kier molecular flexibility index (Phi) is 5.30. The van der Waals surface area contributed by atoms with Gasteiger partial charge in [-0.3, -0.25) is 19.6 Å². The van der Waals surface area contributed by atoms with E-state index in [4.69, 9.17) is 4.42 Å². The van der Waals surface area contributed by atoms with Gasteiger partial charge in [0.05, 0.1) is 11.7 Å². The number of nitrogens with zero attached hydrogens (tertiary/aromatic N) is 4. The van der Waals surface area contributed by atoms with Gasteiger partial charge in [-0.1, -0.05) is 12.1 Å². The van der Waals surface area contributed by atoms with E-state index in [2.05, 4.69) is 30.7 Å². The Balaban J connectivity index is 1.37. The number of aromatic amines is 1. The van der Waals surface area contributed by atoms with Crippen LogP contribution in [0.15, 0.2) is 64.2 Å². The summed E-state index contributed by atoms with van der Waals surface area (Å²) in [5.41, 5.74) is 1.87. The van der Waals surface area contributed by atoms with E-state index in [9.17, 15) is 18.8 Å². The van der Waals surface area contributed by atoms with Gasteiger partial charge < -0.3 is 15.1 Å². The molecule has 3 N–H and O–H groups in total. The molecule has 0 aliphatic carbocycles. The monoisotopic (exact) mass is 461 g/mol. The number of hydrogen-bond donors (Lipinski definition) is 3. The van der Waals surface area contributed by atoms with Crippen molar-refractivity contribution in [1.29, 1.82) is 0 Å². The smallest absolute Gasteiger partial charge is 0.408 e. The number of hydrogen-bond acceptors (Lipinski definition) is 7. The van der Waals surface area contributed by atoms with Gasteiger partial charge in [0.25, 0.3) is 11.8 Å². The summed E-state index contributed by atoms with van der Waals surface area (Å²) in [5.74, 6) is -2.54. The SMILES string of the molecule is O=C(NCc1ccc2oc(=O)[nH]c2c1)c1cc(C(=O)NCc2cccnc2)n2ncc(F)c2n1. The molecular weight excluding hydrogens is 445 g/mol. The first-order valence-corrected chi connectivity index (χ1v) is 10.1. The number of nitrogens with one attached hydrogen (secondary N) is 3. The van der Waals surface area contributed by atoms with Crippen LogP contribution in [0.3, 0.4) is 0 Å². The maximum absolute atomic E-state index is 14.2. The fourth-order valence-electron chi connectivity index (χ4n) is 3.37.